The first-order chi connectivity index (χ1) is 8.07. The molecule has 1 aliphatic heterocycles. The molecule has 0 aromatic heterocycles. The molecular formula is C15H28N2. The SMILES string of the molecule is C#CCCCN1CCN(CC(C)(C)CC)CC1. The fourth-order valence-electron chi connectivity index (χ4n) is 2.29. The van der Waals surface area contributed by atoms with Gasteiger partial charge in [-0.2, -0.15) is 0 Å². The van der Waals surface area contributed by atoms with Crippen LogP contribution in [0.4, 0.5) is 0 Å². The molecule has 0 amide bonds. The minimum absolute atomic E-state index is 0.464. The Bertz CT molecular complexity index is 244. The zero-order valence-electron chi connectivity index (χ0n) is 11.8. The van der Waals surface area contributed by atoms with Crippen molar-refractivity contribution in [2.75, 3.05) is 39.3 Å². The molecule has 0 N–H and O–H groups in total. The lowest BCUT2D eigenvalue weighted by Gasteiger charge is -2.38. The fourth-order valence-corrected chi connectivity index (χ4v) is 2.29. The van der Waals surface area contributed by atoms with E-state index in [1.54, 1.807) is 0 Å². The molecule has 17 heavy (non-hydrogen) atoms. The molecule has 2 nitrogen and oxygen atoms in total. The largest absolute Gasteiger partial charge is 0.301 e. The Morgan fingerprint density at radius 2 is 1.71 bits per heavy atom. The van der Waals surface area contributed by atoms with Crippen molar-refractivity contribution in [2.24, 2.45) is 5.41 Å². The minimum Gasteiger partial charge on any atom is -0.301 e. The lowest BCUT2D eigenvalue weighted by molar-refractivity contribution is 0.0950. The van der Waals surface area contributed by atoms with Gasteiger partial charge in [0.15, 0.2) is 0 Å². The van der Waals surface area contributed by atoms with Crippen molar-refractivity contribution in [1.82, 2.24) is 9.80 Å². The lowest BCUT2D eigenvalue weighted by atomic mass is 9.89. The topological polar surface area (TPSA) is 6.48 Å². The average Bonchev–Trinajstić information content (AvgIpc) is 2.31. The molecule has 0 aliphatic carbocycles. The van der Waals surface area contributed by atoms with Crippen molar-refractivity contribution in [3.8, 4) is 12.3 Å². The van der Waals surface area contributed by atoms with Gasteiger partial charge in [0.05, 0.1) is 0 Å². The van der Waals surface area contributed by atoms with E-state index in [1.165, 1.54) is 45.7 Å². The Hall–Kier alpha value is -0.520. The molecule has 0 atom stereocenters. The number of piperazine rings is 1. The predicted molar refractivity (Wildman–Crippen MR) is 75.0 cm³/mol. The highest BCUT2D eigenvalue weighted by atomic mass is 15.3. The van der Waals surface area contributed by atoms with Gasteiger partial charge in [-0.15, -0.1) is 12.3 Å². The summed E-state index contributed by atoms with van der Waals surface area (Å²) in [4.78, 5) is 5.16. The highest BCUT2D eigenvalue weighted by Gasteiger charge is 2.23. The maximum atomic E-state index is 5.27. The van der Waals surface area contributed by atoms with Crippen molar-refractivity contribution < 1.29 is 0 Å². The Kier molecular flexibility index (Phi) is 6.02. The van der Waals surface area contributed by atoms with E-state index in [9.17, 15) is 0 Å². The van der Waals surface area contributed by atoms with Crippen LogP contribution in [0.1, 0.15) is 40.0 Å². The van der Waals surface area contributed by atoms with Gasteiger partial charge in [-0.3, -0.25) is 0 Å². The van der Waals surface area contributed by atoms with Crippen molar-refractivity contribution in [3.63, 3.8) is 0 Å². The summed E-state index contributed by atoms with van der Waals surface area (Å²) in [6.45, 7) is 14.3. The highest BCUT2D eigenvalue weighted by Crippen LogP contribution is 2.21. The average molecular weight is 236 g/mol. The summed E-state index contributed by atoms with van der Waals surface area (Å²) >= 11 is 0. The standard InChI is InChI=1S/C15H28N2/c1-5-7-8-9-16-10-12-17(13-11-16)14-15(3,4)6-2/h1H,6-14H2,2-4H3. The van der Waals surface area contributed by atoms with Crippen molar-refractivity contribution in [3.05, 3.63) is 0 Å². The summed E-state index contributed by atoms with van der Waals surface area (Å²) < 4.78 is 0. The van der Waals surface area contributed by atoms with Crippen molar-refractivity contribution in [1.29, 1.82) is 0 Å². The Balaban J connectivity index is 2.20. The van der Waals surface area contributed by atoms with Crippen LogP contribution in [0.3, 0.4) is 0 Å². The maximum Gasteiger partial charge on any atom is 0.0110 e. The smallest absolute Gasteiger partial charge is 0.0110 e. The van der Waals surface area contributed by atoms with Gasteiger partial charge in [-0.1, -0.05) is 20.8 Å². The summed E-state index contributed by atoms with van der Waals surface area (Å²) in [7, 11) is 0. The number of terminal acetylenes is 1. The molecule has 1 heterocycles. The van der Waals surface area contributed by atoms with Crippen molar-refractivity contribution >= 4 is 0 Å². The van der Waals surface area contributed by atoms with Gasteiger partial charge >= 0.3 is 0 Å². The van der Waals surface area contributed by atoms with Crippen LogP contribution < -0.4 is 0 Å². The highest BCUT2D eigenvalue weighted by molar-refractivity contribution is 4.84. The molecule has 0 spiro atoms. The van der Waals surface area contributed by atoms with Crippen LogP contribution >= 0.6 is 0 Å². The molecule has 1 rings (SSSR count). The predicted octanol–water partition coefficient (Wildman–Crippen LogP) is 2.45. The van der Waals surface area contributed by atoms with Gasteiger partial charge in [-0.05, 0) is 24.8 Å². The number of unbranched alkanes of at least 4 members (excludes halogenated alkanes) is 1. The number of nitrogens with zero attached hydrogens (tertiary/aromatic N) is 2. The fraction of sp³-hybridized carbons (Fsp3) is 0.867. The van der Waals surface area contributed by atoms with Gasteiger partial charge in [0.2, 0.25) is 0 Å². The molecule has 0 aromatic rings. The van der Waals surface area contributed by atoms with Crippen LogP contribution in [0, 0.1) is 17.8 Å². The van der Waals surface area contributed by atoms with E-state index >= 15 is 0 Å². The second kappa shape index (κ2) is 7.03. The number of rotatable bonds is 6. The van der Waals surface area contributed by atoms with Crippen molar-refractivity contribution in [2.45, 2.75) is 40.0 Å². The second-order valence-electron chi connectivity index (χ2n) is 5.94. The van der Waals surface area contributed by atoms with Crippen LogP contribution in [0.2, 0.25) is 0 Å². The minimum atomic E-state index is 0.464. The molecule has 2 heteroatoms. The third kappa shape index (κ3) is 5.57. The van der Waals surface area contributed by atoms with Gasteiger partial charge < -0.3 is 9.80 Å². The quantitative estimate of drug-likeness (QED) is 0.516. The van der Waals surface area contributed by atoms with E-state index in [0.717, 1.165) is 12.8 Å². The Labute approximate surface area is 107 Å². The summed E-state index contributed by atoms with van der Waals surface area (Å²) in [6, 6.07) is 0. The summed E-state index contributed by atoms with van der Waals surface area (Å²) in [5, 5.41) is 0. The van der Waals surface area contributed by atoms with Crippen LogP contribution in [0.5, 0.6) is 0 Å². The first-order valence-corrected chi connectivity index (χ1v) is 6.95. The van der Waals surface area contributed by atoms with Crippen LogP contribution in [-0.4, -0.2) is 49.1 Å². The van der Waals surface area contributed by atoms with E-state index < -0.39 is 0 Å². The zero-order valence-corrected chi connectivity index (χ0v) is 11.8. The Morgan fingerprint density at radius 1 is 1.12 bits per heavy atom. The molecule has 0 saturated carbocycles. The zero-order chi connectivity index (χ0) is 12.7. The molecular weight excluding hydrogens is 208 g/mol. The number of hydrogen-bond acceptors (Lipinski definition) is 2. The van der Waals surface area contributed by atoms with Crippen LogP contribution in [-0.2, 0) is 0 Å². The van der Waals surface area contributed by atoms with Crippen LogP contribution in [0.15, 0.2) is 0 Å². The van der Waals surface area contributed by atoms with Gasteiger partial charge in [-0.25, -0.2) is 0 Å². The normalized spacial score (nSPS) is 19.2. The first-order valence-electron chi connectivity index (χ1n) is 6.95. The first kappa shape index (κ1) is 14.5. The summed E-state index contributed by atoms with van der Waals surface area (Å²) in [6.07, 6.45) is 8.60. The lowest BCUT2D eigenvalue weighted by Crippen LogP contribution is -2.49. The Morgan fingerprint density at radius 3 is 2.24 bits per heavy atom. The molecule has 1 saturated heterocycles. The van der Waals surface area contributed by atoms with E-state index in [1.807, 2.05) is 0 Å². The molecule has 98 valence electrons. The number of hydrogen-bond donors (Lipinski definition) is 0. The van der Waals surface area contributed by atoms with Gasteiger partial charge in [0, 0.05) is 39.1 Å². The van der Waals surface area contributed by atoms with Gasteiger partial charge in [0.1, 0.15) is 0 Å². The van der Waals surface area contributed by atoms with E-state index in [4.69, 9.17) is 6.42 Å². The molecule has 0 aromatic carbocycles. The van der Waals surface area contributed by atoms with E-state index in [2.05, 4.69) is 36.5 Å². The maximum absolute atomic E-state index is 5.27. The summed E-state index contributed by atoms with van der Waals surface area (Å²) in [5.41, 5.74) is 0.464. The third-order valence-corrected chi connectivity index (χ3v) is 3.87. The van der Waals surface area contributed by atoms with E-state index in [0.29, 0.717) is 5.41 Å². The molecule has 1 aliphatic rings. The van der Waals surface area contributed by atoms with E-state index in [-0.39, 0.29) is 0 Å². The summed E-state index contributed by atoms with van der Waals surface area (Å²) in [5.74, 6) is 2.72. The van der Waals surface area contributed by atoms with Gasteiger partial charge in [0.25, 0.3) is 0 Å². The van der Waals surface area contributed by atoms with Crippen LogP contribution in [0.25, 0.3) is 0 Å². The molecule has 0 bridgehead atoms. The second-order valence-corrected chi connectivity index (χ2v) is 5.94. The molecule has 0 radical (unpaired) electrons. The molecule has 1 fully saturated rings. The molecule has 0 unspecified atom stereocenters. The monoisotopic (exact) mass is 236 g/mol. The third-order valence-electron chi connectivity index (χ3n) is 3.87.